The summed E-state index contributed by atoms with van der Waals surface area (Å²) in [5.41, 5.74) is 2.92. The van der Waals surface area contributed by atoms with Gasteiger partial charge in [-0.25, -0.2) is 4.98 Å². The lowest BCUT2D eigenvalue weighted by Crippen LogP contribution is -2.41. The van der Waals surface area contributed by atoms with Crippen LogP contribution < -0.4 is 20.7 Å². The number of morpholine rings is 1. The van der Waals surface area contributed by atoms with E-state index in [2.05, 4.69) is 25.9 Å². The van der Waals surface area contributed by atoms with Gasteiger partial charge in [0.2, 0.25) is 5.95 Å². The van der Waals surface area contributed by atoms with Gasteiger partial charge in [0, 0.05) is 38.1 Å². The molecule has 1 aliphatic heterocycles. The van der Waals surface area contributed by atoms with Crippen molar-refractivity contribution < 1.29 is 19.1 Å². The maximum absolute atomic E-state index is 13.1. The number of anilines is 4. The summed E-state index contributed by atoms with van der Waals surface area (Å²) in [7, 11) is 3.13. The Morgan fingerprint density at radius 2 is 1.82 bits per heavy atom. The molecule has 0 saturated carbocycles. The van der Waals surface area contributed by atoms with Gasteiger partial charge in [-0.1, -0.05) is 23.7 Å². The van der Waals surface area contributed by atoms with Gasteiger partial charge in [0.1, 0.15) is 16.5 Å². The van der Waals surface area contributed by atoms with E-state index in [1.165, 1.54) is 6.20 Å². The standard InChI is InChI=1S/C28H28ClN7O4/c1-30-26(37)19-6-3-4-7-21(19)32-25-20(29)17-31-28(34-25)33-22-10-9-18(16-24(22)39-2)36-11-5-8-23(36)27(38)35-12-14-40-15-13-35/h3-11,16-17H,12-15H2,1-2H3,(H,30,37)(H2,31,32,33,34). The Bertz CT molecular complexity index is 1530. The number of nitrogens with one attached hydrogen (secondary N) is 3. The van der Waals surface area contributed by atoms with Crippen LogP contribution in [0, 0.1) is 0 Å². The smallest absolute Gasteiger partial charge is 0.270 e. The summed E-state index contributed by atoms with van der Waals surface area (Å²) in [6, 6.07) is 16.2. The molecule has 3 heterocycles. The summed E-state index contributed by atoms with van der Waals surface area (Å²) in [6.07, 6.45) is 3.30. The molecule has 5 rings (SSSR count). The minimum absolute atomic E-state index is 0.0537. The van der Waals surface area contributed by atoms with Crippen LogP contribution >= 0.6 is 11.6 Å². The number of rotatable bonds is 8. The van der Waals surface area contributed by atoms with E-state index < -0.39 is 0 Å². The van der Waals surface area contributed by atoms with Gasteiger partial charge in [0.15, 0.2) is 5.82 Å². The molecule has 2 aromatic carbocycles. The number of methoxy groups -OCH3 is 1. The molecule has 0 unspecified atom stereocenters. The van der Waals surface area contributed by atoms with Crippen molar-refractivity contribution in [1.29, 1.82) is 0 Å². The third kappa shape index (κ3) is 5.70. The molecular formula is C28H28ClN7O4. The zero-order valence-corrected chi connectivity index (χ0v) is 22.7. The van der Waals surface area contributed by atoms with E-state index in [1.54, 1.807) is 49.4 Å². The van der Waals surface area contributed by atoms with Crippen LogP contribution in [0.1, 0.15) is 20.8 Å². The Morgan fingerprint density at radius 3 is 2.60 bits per heavy atom. The number of hydrogen-bond acceptors (Lipinski definition) is 8. The second-order valence-corrected chi connectivity index (χ2v) is 9.22. The highest BCUT2D eigenvalue weighted by atomic mass is 35.5. The highest BCUT2D eigenvalue weighted by Crippen LogP contribution is 2.32. The van der Waals surface area contributed by atoms with Gasteiger partial charge in [-0.3, -0.25) is 9.59 Å². The van der Waals surface area contributed by atoms with Crippen LogP contribution in [0.2, 0.25) is 5.02 Å². The molecule has 0 spiro atoms. The van der Waals surface area contributed by atoms with Gasteiger partial charge < -0.3 is 34.9 Å². The van der Waals surface area contributed by atoms with Crippen molar-refractivity contribution in [3.8, 4) is 11.4 Å². The van der Waals surface area contributed by atoms with Crippen LogP contribution in [0.5, 0.6) is 5.75 Å². The van der Waals surface area contributed by atoms with E-state index in [0.717, 1.165) is 5.69 Å². The zero-order valence-electron chi connectivity index (χ0n) is 22.0. The van der Waals surface area contributed by atoms with E-state index in [4.69, 9.17) is 21.1 Å². The summed E-state index contributed by atoms with van der Waals surface area (Å²) in [4.78, 5) is 36.0. The number of hydrogen-bond donors (Lipinski definition) is 3. The molecule has 1 aliphatic rings. The first kappa shape index (κ1) is 27.0. The molecule has 0 radical (unpaired) electrons. The number of nitrogens with zero attached hydrogens (tertiary/aromatic N) is 4. The number of amides is 2. The van der Waals surface area contributed by atoms with Crippen molar-refractivity contribution in [2.24, 2.45) is 0 Å². The third-order valence-electron chi connectivity index (χ3n) is 6.37. The van der Waals surface area contributed by atoms with Crippen molar-refractivity contribution in [1.82, 2.24) is 24.8 Å². The van der Waals surface area contributed by atoms with Gasteiger partial charge in [-0.2, -0.15) is 4.98 Å². The number of benzene rings is 2. The highest BCUT2D eigenvalue weighted by Gasteiger charge is 2.22. The van der Waals surface area contributed by atoms with E-state index in [0.29, 0.717) is 60.5 Å². The van der Waals surface area contributed by atoms with E-state index in [-0.39, 0.29) is 22.8 Å². The predicted molar refractivity (Wildman–Crippen MR) is 152 cm³/mol. The van der Waals surface area contributed by atoms with Crippen LogP contribution in [0.25, 0.3) is 5.69 Å². The van der Waals surface area contributed by atoms with Gasteiger partial charge in [-0.05, 0) is 36.4 Å². The Morgan fingerprint density at radius 1 is 1.02 bits per heavy atom. The van der Waals surface area contributed by atoms with Crippen molar-refractivity contribution in [3.63, 3.8) is 0 Å². The molecule has 0 aliphatic carbocycles. The zero-order chi connectivity index (χ0) is 28.1. The largest absolute Gasteiger partial charge is 0.494 e. The molecule has 2 aromatic heterocycles. The topological polar surface area (TPSA) is 123 Å². The van der Waals surface area contributed by atoms with Crippen LogP contribution in [-0.4, -0.2) is 71.7 Å². The molecule has 11 nitrogen and oxygen atoms in total. The molecule has 1 saturated heterocycles. The van der Waals surface area contributed by atoms with Crippen LogP contribution in [0.3, 0.4) is 0 Å². The Kier molecular flexibility index (Phi) is 8.13. The highest BCUT2D eigenvalue weighted by molar-refractivity contribution is 6.33. The Hall–Kier alpha value is -4.61. The monoisotopic (exact) mass is 561 g/mol. The van der Waals surface area contributed by atoms with Crippen molar-refractivity contribution >= 4 is 46.6 Å². The fraction of sp³-hybridized carbons (Fsp3) is 0.214. The summed E-state index contributed by atoms with van der Waals surface area (Å²) in [5, 5.41) is 9.19. The first-order valence-electron chi connectivity index (χ1n) is 12.6. The molecule has 206 valence electrons. The summed E-state index contributed by atoms with van der Waals surface area (Å²) in [5.74, 6) is 0.814. The molecular weight excluding hydrogens is 534 g/mol. The second kappa shape index (κ2) is 12.1. The fourth-order valence-corrected chi connectivity index (χ4v) is 4.47. The molecule has 0 atom stereocenters. The number of carbonyl (C=O) groups excluding carboxylic acids is 2. The molecule has 3 N–H and O–H groups in total. The average molecular weight is 562 g/mol. The van der Waals surface area contributed by atoms with Crippen LogP contribution in [-0.2, 0) is 4.74 Å². The molecule has 2 amide bonds. The first-order valence-corrected chi connectivity index (χ1v) is 13.0. The van der Waals surface area contributed by atoms with E-state index in [1.807, 2.05) is 35.0 Å². The normalized spacial score (nSPS) is 13.0. The minimum Gasteiger partial charge on any atom is -0.494 e. The maximum atomic E-state index is 13.1. The molecule has 12 heteroatoms. The van der Waals surface area contributed by atoms with Gasteiger partial charge in [0.05, 0.1) is 43.5 Å². The van der Waals surface area contributed by atoms with Gasteiger partial charge in [0.25, 0.3) is 11.8 Å². The van der Waals surface area contributed by atoms with Crippen LogP contribution in [0.15, 0.2) is 67.0 Å². The van der Waals surface area contributed by atoms with E-state index >= 15 is 0 Å². The summed E-state index contributed by atoms with van der Waals surface area (Å²) >= 11 is 6.37. The lowest BCUT2D eigenvalue weighted by atomic mass is 10.1. The van der Waals surface area contributed by atoms with Crippen molar-refractivity contribution in [2.75, 3.05) is 51.1 Å². The first-order chi connectivity index (χ1) is 19.5. The lowest BCUT2D eigenvalue weighted by molar-refractivity contribution is 0.0297. The molecule has 1 fully saturated rings. The fourth-order valence-electron chi connectivity index (χ4n) is 4.33. The number of ether oxygens (including phenoxy) is 2. The Labute approximate surface area is 236 Å². The molecule has 40 heavy (non-hydrogen) atoms. The number of carbonyl (C=O) groups is 2. The number of para-hydroxylation sites is 1. The number of halogens is 1. The van der Waals surface area contributed by atoms with E-state index in [9.17, 15) is 9.59 Å². The summed E-state index contributed by atoms with van der Waals surface area (Å²) in [6.45, 7) is 2.19. The second-order valence-electron chi connectivity index (χ2n) is 8.82. The van der Waals surface area contributed by atoms with Gasteiger partial charge >= 0.3 is 0 Å². The average Bonchev–Trinajstić information content (AvgIpc) is 3.49. The summed E-state index contributed by atoms with van der Waals surface area (Å²) < 4.78 is 12.9. The molecule has 4 aromatic rings. The van der Waals surface area contributed by atoms with Crippen molar-refractivity contribution in [3.05, 3.63) is 83.3 Å². The maximum Gasteiger partial charge on any atom is 0.270 e. The van der Waals surface area contributed by atoms with Crippen molar-refractivity contribution in [2.45, 2.75) is 0 Å². The minimum atomic E-state index is -0.242. The Balaban J connectivity index is 1.38. The lowest BCUT2D eigenvalue weighted by Gasteiger charge is -2.27. The molecule has 0 bridgehead atoms. The van der Waals surface area contributed by atoms with Gasteiger partial charge in [-0.15, -0.1) is 0 Å². The SMILES string of the molecule is CNC(=O)c1ccccc1Nc1nc(Nc2ccc(-n3cccc3C(=O)N3CCOCC3)cc2OC)ncc1Cl. The predicted octanol–water partition coefficient (Wildman–Crippen LogP) is 4.25. The van der Waals surface area contributed by atoms with Crippen LogP contribution in [0.4, 0.5) is 23.1 Å². The number of aromatic nitrogens is 3. The third-order valence-corrected chi connectivity index (χ3v) is 6.65. The quantitative estimate of drug-likeness (QED) is 0.292.